The molecule has 0 heterocycles. The van der Waals surface area contributed by atoms with Gasteiger partial charge in [-0.25, -0.2) is 4.57 Å². The van der Waals surface area contributed by atoms with E-state index in [1.165, 1.54) is 199 Å². The van der Waals surface area contributed by atoms with Gasteiger partial charge >= 0.3 is 13.8 Å². The summed E-state index contributed by atoms with van der Waals surface area (Å²) >= 11 is 0. The van der Waals surface area contributed by atoms with E-state index in [0.717, 1.165) is 38.5 Å². The van der Waals surface area contributed by atoms with Crippen LogP contribution in [-0.2, 0) is 27.9 Å². The van der Waals surface area contributed by atoms with Gasteiger partial charge in [0.1, 0.15) is 19.3 Å². The van der Waals surface area contributed by atoms with Crippen LogP contribution in [0, 0.1) is 0 Å². The normalized spacial score (nSPS) is 13.6. The fraction of sp³-hybridized carbons (Fsp3) is 0.942. The first-order chi connectivity index (χ1) is 29.6. The van der Waals surface area contributed by atoms with E-state index in [9.17, 15) is 14.3 Å². The van der Waals surface area contributed by atoms with Crippen LogP contribution in [0.25, 0.3) is 0 Å². The molecule has 0 saturated carbocycles. The van der Waals surface area contributed by atoms with E-state index in [2.05, 4.69) is 26.0 Å². The lowest BCUT2D eigenvalue weighted by molar-refractivity contribution is -0.870. The van der Waals surface area contributed by atoms with Crippen molar-refractivity contribution in [3.05, 3.63) is 12.2 Å². The number of nitrogens with zero attached hydrogens (tertiary/aromatic N) is 1. The third-order valence-electron chi connectivity index (χ3n) is 11.8. The molecule has 2 atom stereocenters. The average molecular weight is 887 g/mol. The van der Waals surface area contributed by atoms with Crippen LogP contribution in [0.3, 0.4) is 0 Å². The minimum Gasteiger partial charge on any atom is -0.457 e. The summed E-state index contributed by atoms with van der Waals surface area (Å²) in [6.45, 7) is 5.67. The van der Waals surface area contributed by atoms with Crippen LogP contribution in [0.2, 0.25) is 0 Å². The van der Waals surface area contributed by atoms with E-state index in [1.54, 1.807) is 0 Å². The Bertz CT molecular complexity index is 987. The zero-order chi connectivity index (χ0) is 44.8. The van der Waals surface area contributed by atoms with Crippen LogP contribution in [-0.4, -0.2) is 75.6 Å². The molecule has 9 heteroatoms. The van der Waals surface area contributed by atoms with Gasteiger partial charge in [0, 0.05) is 13.0 Å². The predicted octanol–water partition coefficient (Wildman–Crippen LogP) is 16.2. The fourth-order valence-corrected chi connectivity index (χ4v) is 8.47. The number of likely N-dealkylation sites (N-methyl/N-ethyl adjacent to an activating group) is 1. The van der Waals surface area contributed by atoms with Gasteiger partial charge in [0.2, 0.25) is 0 Å². The Balaban J connectivity index is 4.06. The highest BCUT2D eigenvalue weighted by Crippen LogP contribution is 2.43. The number of hydrogen-bond donors (Lipinski definition) is 1. The molecule has 0 bridgehead atoms. The summed E-state index contributed by atoms with van der Waals surface area (Å²) in [4.78, 5) is 23.0. The summed E-state index contributed by atoms with van der Waals surface area (Å²) < 4.78 is 35.2. The molecule has 0 radical (unpaired) electrons. The van der Waals surface area contributed by atoms with Crippen molar-refractivity contribution in [1.82, 2.24) is 0 Å². The largest absolute Gasteiger partial charge is 0.472 e. The molecule has 0 aromatic rings. The standard InChI is InChI=1S/C52H104NO7P/c1-6-8-10-12-14-16-18-20-22-24-25-26-27-28-29-30-32-34-36-38-40-42-44-47-57-49-51(50-59-61(55,56)58-48-46-53(3,4)5)60-52(54)45-43-41-39-37-35-33-31-23-21-19-17-15-13-11-9-7-2/h23,31,51H,6-22,24-30,32-50H2,1-5H3/p+1/b31-23-. The molecule has 0 aromatic carbocycles. The van der Waals surface area contributed by atoms with Gasteiger partial charge in [-0.05, 0) is 38.5 Å². The van der Waals surface area contributed by atoms with E-state index >= 15 is 0 Å². The second-order valence-electron chi connectivity index (χ2n) is 19.3. The molecular weight excluding hydrogens is 782 g/mol. The van der Waals surface area contributed by atoms with Gasteiger partial charge < -0.3 is 18.9 Å². The molecule has 2 unspecified atom stereocenters. The molecule has 0 aliphatic carbocycles. The van der Waals surface area contributed by atoms with Crippen molar-refractivity contribution >= 4 is 13.8 Å². The molecule has 0 saturated heterocycles. The Kier molecular flexibility index (Phi) is 45.2. The first kappa shape index (κ1) is 60.2. The van der Waals surface area contributed by atoms with E-state index in [0.29, 0.717) is 24.1 Å². The van der Waals surface area contributed by atoms with Crippen LogP contribution < -0.4 is 0 Å². The number of esters is 1. The zero-order valence-electron chi connectivity index (χ0n) is 41.4. The maximum absolute atomic E-state index is 12.7. The second kappa shape index (κ2) is 45.8. The molecule has 0 fully saturated rings. The van der Waals surface area contributed by atoms with Gasteiger partial charge in [-0.2, -0.15) is 0 Å². The quantitative estimate of drug-likeness (QED) is 0.0214. The van der Waals surface area contributed by atoms with Crippen molar-refractivity contribution in [2.45, 2.75) is 264 Å². The van der Waals surface area contributed by atoms with Gasteiger partial charge in [-0.3, -0.25) is 13.8 Å². The molecule has 0 amide bonds. The van der Waals surface area contributed by atoms with Gasteiger partial charge in [-0.1, -0.05) is 225 Å². The van der Waals surface area contributed by atoms with Crippen molar-refractivity contribution in [3.63, 3.8) is 0 Å². The average Bonchev–Trinajstić information content (AvgIpc) is 3.22. The molecule has 0 rings (SSSR count). The number of carbonyl (C=O) groups excluding carboxylic acids is 1. The smallest absolute Gasteiger partial charge is 0.457 e. The number of hydrogen-bond acceptors (Lipinski definition) is 6. The van der Waals surface area contributed by atoms with E-state index in [4.69, 9.17) is 18.5 Å². The maximum Gasteiger partial charge on any atom is 0.472 e. The van der Waals surface area contributed by atoms with Crippen LogP contribution in [0.1, 0.15) is 258 Å². The SMILES string of the molecule is CCCCCCCCC/C=C\CCCCCCCC(=O)OC(COCCCCCCCCCCCCCCCCCCCCCCCCC)COP(=O)(O)OCC[N+](C)(C)C. The number of unbranched alkanes of at least 4 members (excludes halogenated alkanes) is 34. The number of allylic oxidation sites excluding steroid dienone is 2. The minimum absolute atomic E-state index is 0.0906. The highest BCUT2D eigenvalue weighted by molar-refractivity contribution is 7.47. The predicted molar refractivity (Wildman–Crippen MR) is 261 cm³/mol. The van der Waals surface area contributed by atoms with E-state index < -0.39 is 13.9 Å². The van der Waals surface area contributed by atoms with Crippen LogP contribution in [0.5, 0.6) is 0 Å². The highest BCUT2D eigenvalue weighted by Gasteiger charge is 2.26. The molecule has 8 nitrogen and oxygen atoms in total. The van der Waals surface area contributed by atoms with Crippen molar-refractivity contribution in [3.8, 4) is 0 Å². The number of quaternary nitrogens is 1. The summed E-state index contributed by atoms with van der Waals surface area (Å²) in [7, 11) is 1.68. The van der Waals surface area contributed by atoms with E-state index in [-0.39, 0.29) is 25.8 Å². The molecule has 1 N–H and O–H groups in total. The summed E-state index contributed by atoms with van der Waals surface area (Å²) in [5.41, 5.74) is 0. The van der Waals surface area contributed by atoms with Crippen molar-refractivity contribution in [1.29, 1.82) is 0 Å². The number of phosphoric ester groups is 1. The third kappa shape index (κ3) is 50.1. The van der Waals surface area contributed by atoms with E-state index in [1.807, 2.05) is 21.1 Å². The van der Waals surface area contributed by atoms with Crippen LogP contribution in [0.15, 0.2) is 12.2 Å². The molecule has 364 valence electrons. The van der Waals surface area contributed by atoms with Gasteiger partial charge in [-0.15, -0.1) is 0 Å². The topological polar surface area (TPSA) is 91.3 Å². The molecule has 0 aliphatic rings. The highest BCUT2D eigenvalue weighted by atomic mass is 31.2. The Hall–Kier alpha value is -0.760. The lowest BCUT2D eigenvalue weighted by Gasteiger charge is -2.24. The lowest BCUT2D eigenvalue weighted by Crippen LogP contribution is -2.37. The number of ether oxygens (including phenoxy) is 2. The summed E-state index contributed by atoms with van der Waals surface area (Å²) in [6.07, 6.45) is 52.6. The number of carbonyl (C=O) groups is 1. The van der Waals surface area contributed by atoms with Crippen molar-refractivity contribution < 1.29 is 37.3 Å². The lowest BCUT2D eigenvalue weighted by atomic mass is 10.0. The Morgan fingerprint density at radius 1 is 0.492 bits per heavy atom. The number of phosphoric acid groups is 1. The molecule has 0 spiro atoms. The van der Waals surface area contributed by atoms with Crippen LogP contribution >= 0.6 is 7.82 Å². The van der Waals surface area contributed by atoms with Gasteiger partial charge in [0.15, 0.2) is 0 Å². The van der Waals surface area contributed by atoms with Gasteiger partial charge in [0.25, 0.3) is 0 Å². The first-order valence-electron chi connectivity index (χ1n) is 26.4. The monoisotopic (exact) mass is 887 g/mol. The zero-order valence-corrected chi connectivity index (χ0v) is 42.3. The fourth-order valence-electron chi connectivity index (χ4n) is 7.73. The Morgan fingerprint density at radius 2 is 0.852 bits per heavy atom. The molecule has 61 heavy (non-hydrogen) atoms. The maximum atomic E-state index is 12.7. The molecular formula is C52H105NO7P+. The van der Waals surface area contributed by atoms with Crippen molar-refractivity contribution in [2.75, 3.05) is 54.1 Å². The molecule has 0 aromatic heterocycles. The number of rotatable bonds is 50. The Morgan fingerprint density at radius 3 is 1.25 bits per heavy atom. The van der Waals surface area contributed by atoms with Crippen LogP contribution in [0.4, 0.5) is 0 Å². The Labute approximate surface area is 380 Å². The van der Waals surface area contributed by atoms with Crippen molar-refractivity contribution in [2.24, 2.45) is 0 Å². The first-order valence-corrected chi connectivity index (χ1v) is 27.9. The summed E-state index contributed by atoms with van der Waals surface area (Å²) in [5, 5.41) is 0. The second-order valence-corrected chi connectivity index (χ2v) is 20.7. The summed E-state index contributed by atoms with van der Waals surface area (Å²) in [6, 6.07) is 0. The van der Waals surface area contributed by atoms with Gasteiger partial charge in [0.05, 0.1) is 34.4 Å². The summed E-state index contributed by atoms with van der Waals surface area (Å²) in [5.74, 6) is -0.316. The molecule has 0 aliphatic heterocycles. The minimum atomic E-state index is -4.28. The third-order valence-corrected chi connectivity index (χ3v) is 12.8.